The average molecular weight is 287 g/mol. The van der Waals surface area contributed by atoms with Gasteiger partial charge in [0.15, 0.2) is 0 Å². The van der Waals surface area contributed by atoms with Crippen LogP contribution in [0.2, 0.25) is 0 Å². The first-order valence-electron chi connectivity index (χ1n) is 7.01. The molecular weight excluding hydrogens is 270 g/mol. The molecule has 1 heterocycles. The summed E-state index contributed by atoms with van der Waals surface area (Å²) >= 11 is 0. The maximum atomic E-state index is 12.0. The van der Waals surface area contributed by atoms with Gasteiger partial charge in [-0.1, -0.05) is 12.1 Å². The van der Waals surface area contributed by atoms with Crippen molar-refractivity contribution in [3.8, 4) is 0 Å². The van der Waals surface area contributed by atoms with E-state index in [2.05, 4.69) is 15.3 Å². The number of carbonyl (C=O) groups is 1. The molecule has 0 bridgehead atoms. The number of ether oxygens (including phenoxy) is 1. The summed E-state index contributed by atoms with van der Waals surface area (Å²) in [5, 5.41) is 3.78. The fourth-order valence-corrected chi connectivity index (χ4v) is 2.84. The molecule has 1 aromatic carbocycles. The Kier molecular flexibility index (Phi) is 3.60. The highest BCUT2D eigenvalue weighted by Crippen LogP contribution is 2.28. The Bertz CT molecular complexity index is 725. The highest BCUT2D eigenvalue weighted by molar-refractivity contribution is 5.78. The summed E-state index contributed by atoms with van der Waals surface area (Å²) in [7, 11) is 1.41. The number of fused-ring (bicyclic) bond motifs is 1. The van der Waals surface area contributed by atoms with Gasteiger partial charge in [0.25, 0.3) is 5.56 Å². The van der Waals surface area contributed by atoms with Gasteiger partial charge >= 0.3 is 5.97 Å². The number of aromatic nitrogens is 2. The summed E-state index contributed by atoms with van der Waals surface area (Å²) in [6, 6.07) is 7.33. The molecule has 6 heteroatoms. The number of carbonyl (C=O) groups excluding carboxylic acids is 1. The zero-order valence-electron chi connectivity index (χ0n) is 11.8. The second-order valence-electron chi connectivity index (χ2n) is 5.31. The molecule has 2 atom stereocenters. The van der Waals surface area contributed by atoms with Gasteiger partial charge in [0.2, 0.25) is 5.95 Å². The minimum Gasteiger partial charge on any atom is -0.469 e. The lowest BCUT2D eigenvalue weighted by molar-refractivity contribution is -0.145. The number of esters is 1. The fourth-order valence-electron chi connectivity index (χ4n) is 2.84. The third-order valence-electron chi connectivity index (χ3n) is 3.92. The van der Waals surface area contributed by atoms with Gasteiger partial charge in [-0.25, -0.2) is 4.98 Å². The Hall–Kier alpha value is -2.37. The molecule has 1 fully saturated rings. The first kappa shape index (κ1) is 13.6. The maximum Gasteiger partial charge on any atom is 0.308 e. The SMILES string of the molecule is COC(=O)[C@H]1CC[C@@H](Nc2nc3ccccc3c(=O)[nH]2)C1. The zero-order valence-corrected chi connectivity index (χ0v) is 11.8. The topological polar surface area (TPSA) is 84.1 Å². The van der Waals surface area contributed by atoms with Crippen LogP contribution in [0.15, 0.2) is 29.1 Å². The summed E-state index contributed by atoms with van der Waals surface area (Å²) in [6.07, 6.45) is 2.35. The highest BCUT2D eigenvalue weighted by atomic mass is 16.5. The van der Waals surface area contributed by atoms with Crippen LogP contribution in [0, 0.1) is 5.92 Å². The van der Waals surface area contributed by atoms with Crippen molar-refractivity contribution in [1.29, 1.82) is 0 Å². The molecule has 0 saturated heterocycles. The Balaban J connectivity index is 1.77. The van der Waals surface area contributed by atoms with Gasteiger partial charge in [-0.15, -0.1) is 0 Å². The zero-order chi connectivity index (χ0) is 14.8. The Morgan fingerprint density at radius 2 is 2.19 bits per heavy atom. The molecule has 110 valence electrons. The predicted octanol–water partition coefficient (Wildman–Crippen LogP) is 1.68. The van der Waals surface area contributed by atoms with Gasteiger partial charge in [0, 0.05) is 6.04 Å². The minimum absolute atomic E-state index is 0.0697. The number of nitrogens with one attached hydrogen (secondary N) is 2. The molecule has 1 aliphatic rings. The van der Waals surface area contributed by atoms with E-state index >= 15 is 0 Å². The van der Waals surface area contributed by atoms with E-state index in [1.165, 1.54) is 7.11 Å². The lowest BCUT2D eigenvalue weighted by Crippen LogP contribution is -2.22. The van der Waals surface area contributed by atoms with Crippen molar-refractivity contribution in [2.75, 3.05) is 12.4 Å². The molecule has 0 radical (unpaired) electrons. The molecule has 21 heavy (non-hydrogen) atoms. The Morgan fingerprint density at radius 3 is 3.00 bits per heavy atom. The van der Waals surface area contributed by atoms with Crippen LogP contribution < -0.4 is 10.9 Å². The summed E-state index contributed by atoms with van der Waals surface area (Å²) in [6.45, 7) is 0. The number of benzene rings is 1. The number of H-pyrrole nitrogens is 1. The number of rotatable bonds is 3. The lowest BCUT2D eigenvalue weighted by atomic mass is 10.1. The van der Waals surface area contributed by atoms with Crippen molar-refractivity contribution in [2.45, 2.75) is 25.3 Å². The van der Waals surface area contributed by atoms with Gasteiger partial charge in [0.05, 0.1) is 23.9 Å². The lowest BCUT2D eigenvalue weighted by Gasteiger charge is -2.13. The molecule has 1 aromatic heterocycles. The van der Waals surface area contributed by atoms with Crippen LogP contribution in [0.4, 0.5) is 5.95 Å². The fraction of sp³-hybridized carbons (Fsp3) is 0.400. The third kappa shape index (κ3) is 2.74. The highest BCUT2D eigenvalue weighted by Gasteiger charge is 2.30. The quantitative estimate of drug-likeness (QED) is 0.839. The van der Waals surface area contributed by atoms with E-state index in [4.69, 9.17) is 4.74 Å². The molecule has 2 aromatic rings. The van der Waals surface area contributed by atoms with Crippen LogP contribution in [0.3, 0.4) is 0 Å². The van der Waals surface area contributed by atoms with E-state index in [1.807, 2.05) is 18.2 Å². The smallest absolute Gasteiger partial charge is 0.308 e. The molecule has 0 aliphatic heterocycles. The molecule has 3 rings (SSSR count). The second kappa shape index (κ2) is 5.55. The van der Waals surface area contributed by atoms with Gasteiger partial charge in [-0.05, 0) is 31.4 Å². The normalized spacial score (nSPS) is 21.4. The summed E-state index contributed by atoms with van der Waals surface area (Å²) in [4.78, 5) is 30.6. The number of anilines is 1. The van der Waals surface area contributed by atoms with Crippen LogP contribution in [0.5, 0.6) is 0 Å². The van der Waals surface area contributed by atoms with Crippen molar-refractivity contribution in [3.63, 3.8) is 0 Å². The molecule has 1 aliphatic carbocycles. The van der Waals surface area contributed by atoms with E-state index in [-0.39, 0.29) is 23.5 Å². The van der Waals surface area contributed by atoms with E-state index < -0.39 is 0 Å². The monoisotopic (exact) mass is 287 g/mol. The summed E-state index contributed by atoms with van der Waals surface area (Å²) in [5.41, 5.74) is 0.497. The van der Waals surface area contributed by atoms with Gasteiger partial charge in [-0.2, -0.15) is 0 Å². The number of methoxy groups -OCH3 is 1. The Labute approximate surface area is 121 Å². The number of hydrogen-bond acceptors (Lipinski definition) is 5. The van der Waals surface area contributed by atoms with Gasteiger partial charge in [-0.3, -0.25) is 14.6 Å². The molecule has 6 nitrogen and oxygen atoms in total. The van der Waals surface area contributed by atoms with E-state index in [0.717, 1.165) is 12.8 Å². The van der Waals surface area contributed by atoms with Crippen molar-refractivity contribution in [3.05, 3.63) is 34.6 Å². The number of hydrogen-bond donors (Lipinski definition) is 2. The summed E-state index contributed by atoms with van der Waals surface area (Å²) in [5.74, 6) is 0.216. The van der Waals surface area contributed by atoms with Gasteiger partial charge < -0.3 is 10.1 Å². The van der Waals surface area contributed by atoms with Crippen LogP contribution in [0.25, 0.3) is 10.9 Å². The van der Waals surface area contributed by atoms with Crippen molar-refractivity contribution >= 4 is 22.8 Å². The number of aromatic amines is 1. The van der Waals surface area contributed by atoms with Crippen molar-refractivity contribution in [2.24, 2.45) is 5.92 Å². The third-order valence-corrected chi connectivity index (χ3v) is 3.92. The summed E-state index contributed by atoms with van der Waals surface area (Å²) < 4.78 is 4.77. The molecule has 2 N–H and O–H groups in total. The Morgan fingerprint density at radius 1 is 1.38 bits per heavy atom. The first-order chi connectivity index (χ1) is 10.2. The number of para-hydroxylation sites is 1. The molecule has 1 saturated carbocycles. The van der Waals surface area contributed by atoms with E-state index in [0.29, 0.717) is 23.3 Å². The standard InChI is InChI=1S/C15H17N3O3/c1-21-14(20)9-6-7-10(8-9)16-15-17-12-5-3-2-4-11(12)13(19)18-15/h2-5,9-10H,6-8H2,1H3,(H2,16,17,18,19)/t9-,10+/m0/s1. The van der Waals surface area contributed by atoms with Crippen LogP contribution in [-0.4, -0.2) is 29.1 Å². The minimum atomic E-state index is -0.167. The van der Waals surface area contributed by atoms with E-state index in [1.54, 1.807) is 6.07 Å². The van der Waals surface area contributed by atoms with Crippen LogP contribution in [-0.2, 0) is 9.53 Å². The molecular formula is C15H17N3O3. The predicted molar refractivity (Wildman–Crippen MR) is 79.1 cm³/mol. The molecule has 0 spiro atoms. The second-order valence-corrected chi connectivity index (χ2v) is 5.31. The average Bonchev–Trinajstić information content (AvgIpc) is 2.95. The molecule has 0 unspecified atom stereocenters. The van der Waals surface area contributed by atoms with Crippen molar-refractivity contribution < 1.29 is 9.53 Å². The van der Waals surface area contributed by atoms with Crippen LogP contribution in [0.1, 0.15) is 19.3 Å². The van der Waals surface area contributed by atoms with E-state index in [9.17, 15) is 9.59 Å². The van der Waals surface area contributed by atoms with Crippen molar-refractivity contribution in [1.82, 2.24) is 9.97 Å². The first-order valence-corrected chi connectivity index (χ1v) is 7.01. The maximum absolute atomic E-state index is 12.0. The van der Waals surface area contributed by atoms with Crippen LogP contribution >= 0.6 is 0 Å². The molecule has 0 amide bonds. The largest absolute Gasteiger partial charge is 0.469 e. The van der Waals surface area contributed by atoms with Gasteiger partial charge in [0.1, 0.15) is 0 Å². The number of nitrogens with zero attached hydrogens (tertiary/aromatic N) is 1.